The van der Waals surface area contributed by atoms with Gasteiger partial charge in [-0.25, -0.2) is 0 Å². The molecule has 0 heterocycles. The molecular weight excluding hydrogens is 156 g/mol. The smallest absolute Gasteiger partial charge is 0.0146 e. The number of rotatable bonds is 4. The van der Waals surface area contributed by atoms with Crippen molar-refractivity contribution in [2.24, 2.45) is 17.8 Å². The van der Waals surface area contributed by atoms with Gasteiger partial charge in [-0.1, -0.05) is 41.0 Å². The molecule has 0 spiro atoms. The van der Waals surface area contributed by atoms with E-state index in [1.54, 1.807) is 0 Å². The molecule has 1 unspecified atom stereocenters. The van der Waals surface area contributed by atoms with E-state index in [9.17, 15) is 0 Å². The largest absolute Gasteiger partial charge is 0.103 e. The first-order valence-corrected chi connectivity index (χ1v) is 5.50. The zero-order chi connectivity index (χ0) is 10.3. The highest BCUT2D eigenvalue weighted by Gasteiger charge is 2.01. The fourth-order valence-electron chi connectivity index (χ4n) is 1.16. The third-order valence-corrected chi connectivity index (χ3v) is 2.08. The van der Waals surface area contributed by atoms with E-state index >= 15 is 0 Å². The fraction of sp³-hybridized carbons (Fsp3) is 0.846. The number of hydrogen-bond donors (Lipinski definition) is 0. The van der Waals surface area contributed by atoms with Crippen LogP contribution in [-0.4, -0.2) is 0 Å². The van der Waals surface area contributed by atoms with E-state index < -0.39 is 0 Å². The molecule has 0 aliphatic carbocycles. The standard InChI is InChI=1S/C13H24/c1-11(2)7-6-8-13(5)10-9-12(3)4/h11-13H,8-10H2,1-5H3. The average molecular weight is 180 g/mol. The van der Waals surface area contributed by atoms with Gasteiger partial charge in [0.25, 0.3) is 0 Å². The Morgan fingerprint density at radius 1 is 0.923 bits per heavy atom. The van der Waals surface area contributed by atoms with E-state index in [0.29, 0.717) is 5.92 Å². The summed E-state index contributed by atoms with van der Waals surface area (Å²) < 4.78 is 0. The van der Waals surface area contributed by atoms with Crippen LogP contribution in [0.1, 0.15) is 53.9 Å². The Morgan fingerprint density at radius 2 is 1.54 bits per heavy atom. The molecule has 0 aliphatic heterocycles. The van der Waals surface area contributed by atoms with E-state index in [4.69, 9.17) is 0 Å². The maximum absolute atomic E-state index is 3.26. The van der Waals surface area contributed by atoms with Gasteiger partial charge in [0.2, 0.25) is 0 Å². The Morgan fingerprint density at radius 3 is 2.00 bits per heavy atom. The summed E-state index contributed by atoms with van der Waals surface area (Å²) in [6, 6.07) is 0. The molecule has 0 saturated heterocycles. The van der Waals surface area contributed by atoms with Crippen molar-refractivity contribution in [1.29, 1.82) is 0 Å². The summed E-state index contributed by atoms with van der Waals surface area (Å²) in [5, 5.41) is 0. The maximum atomic E-state index is 3.26. The highest BCUT2D eigenvalue weighted by Crippen LogP contribution is 2.14. The second kappa shape index (κ2) is 7.01. The SMILES string of the molecule is CC(C)C#CCC(C)CCC(C)C. The Labute approximate surface area is 84.1 Å². The zero-order valence-corrected chi connectivity index (χ0v) is 9.85. The summed E-state index contributed by atoms with van der Waals surface area (Å²) >= 11 is 0. The van der Waals surface area contributed by atoms with Crippen molar-refractivity contribution in [2.75, 3.05) is 0 Å². The fourth-order valence-corrected chi connectivity index (χ4v) is 1.16. The molecule has 0 amide bonds. The Bertz CT molecular complexity index is 166. The van der Waals surface area contributed by atoms with Gasteiger partial charge in [-0.3, -0.25) is 0 Å². The first-order chi connectivity index (χ1) is 6.02. The summed E-state index contributed by atoms with van der Waals surface area (Å²) in [6.07, 6.45) is 3.74. The zero-order valence-electron chi connectivity index (χ0n) is 9.85. The van der Waals surface area contributed by atoms with E-state index in [0.717, 1.165) is 18.3 Å². The lowest BCUT2D eigenvalue weighted by Crippen LogP contribution is -1.96. The van der Waals surface area contributed by atoms with Crippen molar-refractivity contribution in [3.05, 3.63) is 0 Å². The third-order valence-electron chi connectivity index (χ3n) is 2.08. The van der Waals surface area contributed by atoms with Crippen LogP contribution in [0.25, 0.3) is 0 Å². The highest BCUT2D eigenvalue weighted by atomic mass is 14.1. The van der Waals surface area contributed by atoms with Crippen LogP contribution in [0.2, 0.25) is 0 Å². The summed E-state index contributed by atoms with van der Waals surface area (Å²) in [5.74, 6) is 8.60. The van der Waals surface area contributed by atoms with Crippen LogP contribution in [0, 0.1) is 29.6 Å². The molecule has 0 heteroatoms. The van der Waals surface area contributed by atoms with Crippen LogP contribution in [0.15, 0.2) is 0 Å². The molecule has 0 fully saturated rings. The van der Waals surface area contributed by atoms with Crippen molar-refractivity contribution in [3.63, 3.8) is 0 Å². The molecule has 0 aliphatic rings. The Kier molecular flexibility index (Phi) is 6.77. The molecule has 76 valence electrons. The molecule has 13 heavy (non-hydrogen) atoms. The lowest BCUT2D eigenvalue weighted by Gasteiger charge is -2.09. The van der Waals surface area contributed by atoms with Gasteiger partial charge in [-0.05, 0) is 18.3 Å². The lowest BCUT2D eigenvalue weighted by atomic mass is 9.97. The summed E-state index contributed by atoms with van der Waals surface area (Å²) in [6.45, 7) is 11.2. The summed E-state index contributed by atoms with van der Waals surface area (Å²) in [7, 11) is 0. The van der Waals surface area contributed by atoms with Crippen LogP contribution >= 0.6 is 0 Å². The molecule has 0 bridgehead atoms. The molecular formula is C13H24. The highest BCUT2D eigenvalue weighted by molar-refractivity contribution is 5.01. The maximum Gasteiger partial charge on any atom is 0.0146 e. The van der Waals surface area contributed by atoms with E-state index in [1.807, 2.05) is 0 Å². The predicted octanol–water partition coefficient (Wildman–Crippen LogP) is 4.11. The van der Waals surface area contributed by atoms with Gasteiger partial charge in [-0.15, -0.1) is 11.8 Å². The molecule has 0 saturated carbocycles. The minimum Gasteiger partial charge on any atom is -0.103 e. The molecule has 0 aromatic carbocycles. The Hall–Kier alpha value is -0.440. The molecule has 0 rings (SSSR count). The normalized spacial score (nSPS) is 12.8. The molecule has 0 nitrogen and oxygen atoms in total. The second-order valence-electron chi connectivity index (χ2n) is 4.76. The van der Waals surface area contributed by atoms with Crippen LogP contribution in [-0.2, 0) is 0 Å². The van der Waals surface area contributed by atoms with Crippen LogP contribution in [0.3, 0.4) is 0 Å². The second-order valence-corrected chi connectivity index (χ2v) is 4.76. The molecule has 0 radical (unpaired) electrons. The first kappa shape index (κ1) is 12.6. The van der Waals surface area contributed by atoms with Gasteiger partial charge in [0.1, 0.15) is 0 Å². The van der Waals surface area contributed by atoms with Crippen molar-refractivity contribution < 1.29 is 0 Å². The monoisotopic (exact) mass is 180 g/mol. The first-order valence-electron chi connectivity index (χ1n) is 5.50. The molecule has 1 atom stereocenters. The molecule has 0 N–H and O–H groups in total. The van der Waals surface area contributed by atoms with Gasteiger partial charge in [-0.2, -0.15) is 0 Å². The van der Waals surface area contributed by atoms with Gasteiger partial charge in [0, 0.05) is 12.3 Å². The molecule has 0 aromatic rings. The van der Waals surface area contributed by atoms with Crippen LogP contribution < -0.4 is 0 Å². The van der Waals surface area contributed by atoms with Crippen LogP contribution in [0.5, 0.6) is 0 Å². The van der Waals surface area contributed by atoms with E-state index in [2.05, 4.69) is 46.5 Å². The van der Waals surface area contributed by atoms with Crippen molar-refractivity contribution in [2.45, 2.75) is 53.9 Å². The van der Waals surface area contributed by atoms with Crippen molar-refractivity contribution in [3.8, 4) is 11.8 Å². The van der Waals surface area contributed by atoms with Gasteiger partial charge < -0.3 is 0 Å². The van der Waals surface area contributed by atoms with Crippen LogP contribution in [0.4, 0.5) is 0 Å². The predicted molar refractivity (Wildman–Crippen MR) is 60.5 cm³/mol. The molecule has 0 aromatic heterocycles. The van der Waals surface area contributed by atoms with E-state index in [-0.39, 0.29) is 0 Å². The van der Waals surface area contributed by atoms with Gasteiger partial charge in [0.05, 0.1) is 0 Å². The van der Waals surface area contributed by atoms with Gasteiger partial charge in [0.15, 0.2) is 0 Å². The quantitative estimate of drug-likeness (QED) is 0.571. The van der Waals surface area contributed by atoms with Crippen molar-refractivity contribution >= 4 is 0 Å². The topological polar surface area (TPSA) is 0 Å². The summed E-state index contributed by atoms with van der Waals surface area (Å²) in [5.41, 5.74) is 0. The Balaban J connectivity index is 3.53. The minimum absolute atomic E-state index is 0.525. The average Bonchev–Trinajstić information content (AvgIpc) is 2.00. The lowest BCUT2D eigenvalue weighted by molar-refractivity contribution is 0.457. The third kappa shape index (κ3) is 9.47. The van der Waals surface area contributed by atoms with Gasteiger partial charge >= 0.3 is 0 Å². The number of hydrogen-bond acceptors (Lipinski definition) is 0. The summed E-state index contributed by atoms with van der Waals surface area (Å²) in [4.78, 5) is 0. The minimum atomic E-state index is 0.525. The van der Waals surface area contributed by atoms with Crippen molar-refractivity contribution in [1.82, 2.24) is 0 Å². The van der Waals surface area contributed by atoms with E-state index in [1.165, 1.54) is 12.8 Å².